The fraction of sp³-hybridized carbons (Fsp3) is 0.529. The Bertz CT molecular complexity index is 537. The van der Waals surface area contributed by atoms with Gasteiger partial charge in [-0.3, -0.25) is 9.59 Å². The van der Waals surface area contributed by atoms with Crippen LogP contribution in [-0.4, -0.2) is 17.0 Å². The first kappa shape index (κ1) is 14.1. The number of benzene rings is 1. The van der Waals surface area contributed by atoms with E-state index in [1.165, 1.54) is 25.7 Å². The van der Waals surface area contributed by atoms with Crippen molar-refractivity contribution in [3.8, 4) is 0 Å². The van der Waals surface area contributed by atoms with Gasteiger partial charge in [0.2, 0.25) is 5.91 Å². The van der Waals surface area contributed by atoms with Crippen LogP contribution in [0.1, 0.15) is 37.7 Å². The first-order chi connectivity index (χ1) is 10.1. The van der Waals surface area contributed by atoms with Crippen molar-refractivity contribution in [3.63, 3.8) is 0 Å². The molecule has 4 nitrogen and oxygen atoms in total. The van der Waals surface area contributed by atoms with E-state index in [9.17, 15) is 9.59 Å². The molecule has 2 N–H and O–H groups in total. The Morgan fingerprint density at radius 2 is 1.90 bits per heavy atom. The highest BCUT2D eigenvalue weighted by Crippen LogP contribution is 2.49. The number of carboxylic acids is 1. The zero-order chi connectivity index (χ0) is 14.8. The van der Waals surface area contributed by atoms with Crippen LogP contribution in [0.15, 0.2) is 24.3 Å². The Labute approximate surface area is 124 Å². The van der Waals surface area contributed by atoms with E-state index in [0.717, 1.165) is 23.1 Å². The number of rotatable bonds is 5. The average molecular weight is 287 g/mol. The number of hydrogen-bond acceptors (Lipinski definition) is 2. The van der Waals surface area contributed by atoms with E-state index >= 15 is 0 Å². The minimum Gasteiger partial charge on any atom is -0.481 e. The lowest BCUT2D eigenvalue weighted by Gasteiger charge is -2.20. The van der Waals surface area contributed by atoms with E-state index in [-0.39, 0.29) is 12.3 Å². The third-order valence-corrected chi connectivity index (χ3v) is 4.93. The van der Waals surface area contributed by atoms with Crippen LogP contribution < -0.4 is 5.32 Å². The maximum atomic E-state index is 12.1. The van der Waals surface area contributed by atoms with Crippen LogP contribution in [0, 0.1) is 17.8 Å². The average Bonchev–Trinajstić information content (AvgIpc) is 3.02. The largest absolute Gasteiger partial charge is 0.481 e. The highest BCUT2D eigenvalue weighted by Gasteiger charge is 2.40. The van der Waals surface area contributed by atoms with E-state index in [1.807, 2.05) is 0 Å². The van der Waals surface area contributed by atoms with Gasteiger partial charge < -0.3 is 10.4 Å². The predicted molar refractivity (Wildman–Crippen MR) is 80.0 cm³/mol. The molecule has 1 aromatic rings. The molecule has 2 bridgehead atoms. The zero-order valence-electron chi connectivity index (χ0n) is 12.0. The zero-order valence-corrected chi connectivity index (χ0v) is 12.0. The number of amides is 1. The molecule has 1 amide bonds. The smallest absolute Gasteiger partial charge is 0.307 e. The van der Waals surface area contributed by atoms with Crippen LogP contribution in [0.3, 0.4) is 0 Å². The van der Waals surface area contributed by atoms with Crippen LogP contribution in [0.4, 0.5) is 5.69 Å². The summed E-state index contributed by atoms with van der Waals surface area (Å²) < 4.78 is 0. The monoisotopic (exact) mass is 287 g/mol. The normalized spacial score (nSPS) is 26.8. The van der Waals surface area contributed by atoms with Gasteiger partial charge in [-0.2, -0.15) is 0 Å². The van der Waals surface area contributed by atoms with Crippen molar-refractivity contribution in [3.05, 3.63) is 29.8 Å². The lowest BCUT2D eigenvalue weighted by molar-refractivity contribution is -0.136. The summed E-state index contributed by atoms with van der Waals surface area (Å²) in [6.07, 6.45) is 5.83. The second-order valence-corrected chi connectivity index (χ2v) is 6.45. The summed E-state index contributed by atoms with van der Waals surface area (Å²) in [6, 6.07) is 7.05. The number of anilines is 1. The van der Waals surface area contributed by atoms with Crippen molar-refractivity contribution in [1.29, 1.82) is 0 Å². The van der Waals surface area contributed by atoms with Crippen LogP contribution in [0.25, 0.3) is 0 Å². The number of carbonyl (C=O) groups excluding carboxylic acids is 1. The fourth-order valence-corrected chi connectivity index (χ4v) is 3.96. The number of aliphatic carboxylic acids is 1. The van der Waals surface area contributed by atoms with Gasteiger partial charge in [-0.15, -0.1) is 0 Å². The summed E-state index contributed by atoms with van der Waals surface area (Å²) in [6.45, 7) is 0. The van der Waals surface area contributed by atoms with Crippen molar-refractivity contribution in [2.75, 3.05) is 5.32 Å². The first-order valence-electron chi connectivity index (χ1n) is 7.70. The third-order valence-electron chi connectivity index (χ3n) is 4.93. The van der Waals surface area contributed by atoms with Gasteiger partial charge in [-0.05, 0) is 54.7 Å². The van der Waals surface area contributed by atoms with Gasteiger partial charge in [-0.25, -0.2) is 0 Å². The maximum absolute atomic E-state index is 12.1. The topological polar surface area (TPSA) is 66.4 Å². The van der Waals surface area contributed by atoms with Crippen molar-refractivity contribution in [2.24, 2.45) is 17.8 Å². The van der Waals surface area contributed by atoms with Gasteiger partial charge in [0, 0.05) is 12.1 Å². The van der Waals surface area contributed by atoms with Crippen LogP contribution in [0.5, 0.6) is 0 Å². The molecule has 3 atom stereocenters. The quantitative estimate of drug-likeness (QED) is 0.874. The molecule has 3 unspecified atom stereocenters. The standard InChI is InChI=1S/C17H21NO3/c19-16(10-14-8-12-1-4-13(14)7-12)18-15-5-2-11(3-6-15)9-17(20)21/h2-3,5-6,12-14H,1,4,7-10H2,(H,18,19)(H,20,21). The maximum Gasteiger partial charge on any atom is 0.307 e. The molecule has 21 heavy (non-hydrogen) atoms. The summed E-state index contributed by atoms with van der Waals surface area (Å²) in [5.74, 6) is 1.43. The molecule has 2 saturated carbocycles. The minimum absolute atomic E-state index is 0.0133. The molecule has 0 heterocycles. The van der Waals surface area contributed by atoms with Crippen LogP contribution in [0.2, 0.25) is 0 Å². The minimum atomic E-state index is -0.844. The summed E-state index contributed by atoms with van der Waals surface area (Å²) in [5.41, 5.74) is 1.49. The lowest BCUT2D eigenvalue weighted by atomic mass is 9.86. The van der Waals surface area contributed by atoms with E-state index in [2.05, 4.69) is 5.32 Å². The summed E-state index contributed by atoms with van der Waals surface area (Å²) in [5, 5.41) is 11.6. The Balaban J connectivity index is 1.51. The molecule has 2 aliphatic carbocycles. The van der Waals surface area contributed by atoms with Crippen molar-refractivity contribution >= 4 is 17.6 Å². The number of carbonyl (C=O) groups is 2. The molecule has 3 rings (SSSR count). The van der Waals surface area contributed by atoms with E-state index < -0.39 is 5.97 Å². The molecule has 0 aliphatic heterocycles. The Hall–Kier alpha value is -1.84. The number of nitrogens with one attached hydrogen (secondary N) is 1. The molecular weight excluding hydrogens is 266 g/mol. The molecule has 0 radical (unpaired) electrons. The van der Waals surface area contributed by atoms with Gasteiger partial charge in [-0.1, -0.05) is 18.6 Å². The lowest BCUT2D eigenvalue weighted by Crippen LogP contribution is -2.20. The molecule has 0 spiro atoms. The molecular formula is C17H21NO3. The molecule has 1 aromatic carbocycles. The summed E-state index contributed by atoms with van der Waals surface area (Å²) in [4.78, 5) is 22.7. The highest BCUT2D eigenvalue weighted by molar-refractivity contribution is 5.90. The predicted octanol–water partition coefficient (Wildman–Crippen LogP) is 3.08. The van der Waals surface area contributed by atoms with Gasteiger partial charge in [0.05, 0.1) is 6.42 Å². The second kappa shape index (κ2) is 5.88. The van der Waals surface area contributed by atoms with Crippen molar-refractivity contribution < 1.29 is 14.7 Å². The SMILES string of the molecule is O=C(O)Cc1ccc(NC(=O)CC2CC3CCC2C3)cc1. The van der Waals surface area contributed by atoms with Gasteiger partial charge >= 0.3 is 5.97 Å². The third kappa shape index (κ3) is 3.43. The van der Waals surface area contributed by atoms with E-state index in [4.69, 9.17) is 5.11 Å². The van der Waals surface area contributed by atoms with Gasteiger partial charge in [0.1, 0.15) is 0 Å². The van der Waals surface area contributed by atoms with Crippen molar-refractivity contribution in [1.82, 2.24) is 0 Å². The highest BCUT2D eigenvalue weighted by atomic mass is 16.4. The Kier molecular flexibility index (Phi) is 3.95. The molecule has 0 saturated heterocycles. The molecule has 0 aromatic heterocycles. The fourth-order valence-electron chi connectivity index (χ4n) is 3.96. The van der Waals surface area contributed by atoms with Gasteiger partial charge in [0.25, 0.3) is 0 Å². The number of carboxylic acid groups (broad SMARTS) is 1. The van der Waals surface area contributed by atoms with Crippen LogP contribution in [-0.2, 0) is 16.0 Å². The molecule has 2 fully saturated rings. The first-order valence-corrected chi connectivity index (χ1v) is 7.70. The van der Waals surface area contributed by atoms with Gasteiger partial charge in [0.15, 0.2) is 0 Å². The Morgan fingerprint density at radius 3 is 2.48 bits per heavy atom. The Morgan fingerprint density at radius 1 is 1.14 bits per heavy atom. The molecule has 4 heteroatoms. The van der Waals surface area contributed by atoms with Crippen molar-refractivity contribution in [2.45, 2.75) is 38.5 Å². The van der Waals surface area contributed by atoms with Crippen LogP contribution >= 0.6 is 0 Å². The molecule has 112 valence electrons. The number of fused-ring (bicyclic) bond motifs is 2. The number of hydrogen-bond donors (Lipinski definition) is 2. The molecule has 2 aliphatic rings. The summed E-state index contributed by atoms with van der Waals surface area (Å²) >= 11 is 0. The van der Waals surface area contributed by atoms with E-state index in [0.29, 0.717) is 12.3 Å². The van der Waals surface area contributed by atoms with E-state index in [1.54, 1.807) is 24.3 Å². The second-order valence-electron chi connectivity index (χ2n) is 6.45. The summed E-state index contributed by atoms with van der Waals surface area (Å²) in [7, 11) is 0.